The summed E-state index contributed by atoms with van der Waals surface area (Å²) in [4.78, 5) is 23.6. The first kappa shape index (κ1) is 24.0. The molecule has 4 N–H and O–H groups in total. The van der Waals surface area contributed by atoms with E-state index in [9.17, 15) is 18.4 Å². The molecule has 148 valence electrons. The van der Waals surface area contributed by atoms with Gasteiger partial charge in [-0.15, -0.1) is 12.4 Å². The highest BCUT2D eigenvalue weighted by Crippen LogP contribution is 2.24. The lowest BCUT2D eigenvalue weighted by atomic mass is 9.85. The van der Waals surface area contributed by atoms with E-state index in [1.165, 1.54) is 0 Å². The Kier molecular flexibility index (Phi) is 11.8. The van der Waals surface area contributed by atoms with E-state index in [1.807, 2.05) is 0 Å². The van der Waals surface area contributed by atoms with Gasteiger partial charge in [0.05, 0.1) is 26.3 Å². The van der Waals surface area contributed by atoms with Crippen molar-refractivity contribution in [1.82, 2.24) is 10.6 Å². The van der Waals surface area contributed by atoms with Crippen LogP contribution in [0.25, 0.3) is 0 Å². The maximum absolute atomic E-state index is 13.0. The Morgan fingerprint density at radius 2 is 1.84 bits per heavy atom. The third kappa shape index (κ3) is 9.88. The van der Waals surface area contributed by atoms with E-state index >= 15 is 0 Å². The number of halogens is 3. The van der Waals surface area contributed by atoms with Crippen molar-refractivity contribution in [3.05, 3.63) is 0 Å². The van der Waals surface area contributed by atoms with Crippen LogP contribution >= 0.6 is 12.4 Å². The van der Waals surface area contributed by atoms with Gasteiger partial charge >= 0.3 is 0 Å². The Hall–Kier alpha value is -1.03. The van der Waals surface area contributed by atoms with Gasteiger partial charge in [0.2, 0.25) is 11.8 Å². The number of nitrogens with two attached hydrogens (primary N) is 1. The van der Waals surface area contributed by atoms with E-state index in [0.717, 1.165) is 0 Å². The summed E-state index contributed by atoms with van der Waals surface area (Å²) in [7, 11) is 1.55. The van der Waals surface area contributed by atoms with Crippen LogP contribution in [-0.4, -0.2) is 63.8 Å². The summed E-state index contributed by atoms with van der Waals surface area (Å²) in [6.45, 7) is -0.783. The molecule has 0 unspecified atom stereocenters. The number of hydrogen-bond donors (Lipinski definition) is 3. The van der Waals surface area contributed by atoms with Crippen LogP contribution in [-0.2, 0) is 19.1 Å². The normalized spacial score (nSPS) is 20.5. The Labute approximate surface area is 152 Å². The van der Waals surface area contributed by atoms with Crippen LogP contribution in [0.2, 0.25) is 0 Å². The number of hydrogen-bond acceptors (Lipinski definition) is 5. The fraction of sp³-hybridized carbons (Fsp3) is 0.867. The zero-order valence-corrected chi connectivity index (χ0v) is 15.2. The van der Waals surface area contributed by atoms with Crippen molar-refractivity contribution in [3.8, 4) is 0 Å². The van der Waals surface area contributed by atoms with Gasteiger partial charge in [0.25, 0.3) is 5.92 Å². The molecule has 0 aromatic rings. The van der Waals surface area contributed by atoms with Gasteiger partial charge in [0, 0.05) is 19.1 Å². The topological polar surface area (TPSA) is 103 Å². The highest BCUT2D eigenvalue weighted by molar-refractivity contribution is 5.85. The molecule has 0 radical (unpaired) electrons. The van der Waals surface area contributed by atoms with Crippen molar-refractivity contribution < 1.29 is 27.8 Å². The van der Waals surface area contributed by atoms with Crippen molar-refractivity contribution in [2.75, 3.05) is 40.0 Å². The quantitative estimate of drug-likeness (QED) is 0.472. The highest BCUT2D eigenvalue weighted by Gasteiger charge is 2.31. The molecule has 0 spiro atoms. The maximum atomic E-state index is 13.0. The van der Waals surface area contributed by atoms with Crippen LogP contribution in [0.15, 0.2) is 0 Å². The first-order chi connectivity index (χ1) is 11.4. The predicted octanol–water partition coefficient (Wildman–Crippen LogP) is 0.456. The molecule has 1 saturated carbocycles. The van der Waals surface area contributed by atoms with Crippen LogP contribution in [0.1, 0.15) is 25.7 Å². The minimum absolute atomic E-state index is 0. The van der Waals surface area contributed by atoms with Crippen LogP contribution in [0.5, 0.6) is 0 Å². The fourth-order valence-electron chi connectivity index (χ4n) is 2.51. The molecule has 1 aliphatic rings. The Morgan fingerprint density at radius 1 is 1.20 bits per heavy atom. The molecule has 0 aromatic heterocycles. The summed E-state index contributed by atoms with van der Waals surface area (Å²) in [5.74, 6) is -3.97. The Balaban J connectivity index is 0.00000576. The van der Waals surface area contributed by atoms with Crippen molar-refractivity contribution >= 4 is 24.2 Å². The van der Waals surface area contributed by atoms with Crippen LogP contribution in [0.4, 0.5) is 8.78 Å². The summed E-state index contributed by atoms with van der Waals surface area (Å²) in [5, 5.41) is 5.10. The number of carbonyl (C=O) groups is 2. The number of ether oxygens (including phenoxy) is 2. The summed E-state index contributed by atoms with van der Waals surface area (Å²) in [6, 6.07) is -0.0157. The van der Waals surface area contributed by atoms with Crippen LogP contribution in [0.3, 0.4) is 0 Å². The minimum Gasteiger partial charge on any atom is -0.382 e. The van der Waals surface area contributed by atoms with E-state index < -0.39 is 19.0 Å². The van der Waals surface area contributed by atoms with Crippen molar-refractivity contribution in [3.63, 3.8) is 0 Å². The molecule has 1 rings (SSSR count). The van der Waals surface area contributed by atoms with Crippen molar-refractivity contribution in [2.45, 2.75) is 37.6 Å². The molecule has 0 aliphatic heterocycles. The number of nitrogens with one attached hydrogen (secondary N) is 2. The van der Waals surface area contributed by atoms with Crippen LogP contribution in [0, 0.1) is 5.92 Å². The van der Waals surface area contributed by atoms with Gasteiger partial charge in [-0.3, -0.25) is 9.59 Å². The second-order valence-corrected chi connectivity index (χ2v) is 5.94. The zero-order valence-electron chi connectivity index (χ0n) is 14.4. The molecule has 2 amide bonds. The summed E-state index contributed by atoms with van der Waals surface area (Å²) in [6.07, 6.45) is 2.37. The monoisotopic (exact) mass is 387 g/mol. The molecule has 0 bridgehead atoms. The second kappa shape index (κ2) is 12.3. The van der Waals surface area contributed by atoms with Gasteiger partial charge in [0.15, 0.2) is 0 Å². The molecular weight excluding hydrogens is 360 g/mol. The summed E-state index contributed by atoms with van der Waals surface area (Å²) >= 11 is 0. The predicted molar refractivity (Wildman–Crippen MR) is 90.8 cm³/mol. The third-order valence-corrected chi connectivity index (χ3v) is 3.95. The van der Waals surface area contributed by atoms with E-state index in [4.69, 9.17) is 15.2 Å². The minimum atomic E-state index is -3.08. The smallest absolute Gasteiger partial charge is 0.277 e. The number of rotatable bonds is 10. The lowest BCUT2D eigenvalue weighted by Gasteiger charge is -2.28. The Morgan fingerprint density at radius 3 is 2.40 bits per heavy atom. The van der Waals surface area contributed by atoms with E-state index in [-0.39, 0.29) is 42.8 Å². The van der Waals surface area contributed by atoms with Gasteiger partial charge in [0.1, 0.15) is 6.61 Å². The Bertz CT molecular complexity index is 408. The number of amides is 2. The molecular formula is C15H28ClF2N3O4. The molecule has 0 saturated heterocycles. The van der Waals surface area contributed by atoms with Gasteiger partial charge in [-0.1, -0.05) is 0 Å². The molecule has 0 aromatic carbocycles. The first-order valence-corrected chi connectivity index (χ1v) is 8.09. The lowest BCUT2D eigenvalue weighted by Crippen LogP contribution is -2.45. The second-order valence-electron chi connectivity index (χ2n) is 5.94. The largest absolute Gasteiger partial charge is 0.382 e. The summed E-state index contributed by atoms with van der Waals surface area (Å²) in [5.41, 5.74) is 4.93. The van der Waals surface area contributed by atoms with Gasteiger partial charge in [-0.25, -0.2) is 8.78 Å². The van der Waals surface area contributed by atoms with Crippen LogP contribution < -0.4 is 16.4 Å². The standard InChI is InChI=1S/C15H27F2N3O4.ClH/c1-23-6-7-24-8-13(21)20-12-4-2-11(3-5-12)14(22)19-10-15(16,17)9-18;/h11-12H,2-10,18H2,1H3,(H,19,22)(H,20,21);1H. The van der Waals surface area contributed by atoms with Gasteiger partial charge in [-0.2, -0.15) is 0 Å². The molecule has 10 heteroatoms. The maximum Gasteiger partial charge on any atom is 0.277 e. The average Bonchev–Trinajstić information content (AvgIpc) is 2.57. The molecule has 0 heterocycles. The zero-order chi connectivity index (χ0) is 18.0. The molecule has 25 heavy (non-hydrogen) atoms. The van der Waals surface area contributed by atoms with Crippen molar-refractivity contribution in [2.24, 2.45) is 11.7 Å². The summed E-state index contributed by atoms with van der Waals surface area (Å²) < 4.78 is 36.0. The SMILES string of the molecule is COCCOCC(=O)NC1CCC(C(=O)NCC(F)(F)CN)CC1.Cl. The first-order valence-electron chi connectivity index (χ1n) is 8.09. The lowest BCUT2D eigenvalue weighted by molar-refractivity contribution is -0.128. The van der Waals surface area contributed by atoms with E-state index in [2.05, 4.69) is 10.6 Å². The molecule has 1 fully saturated rings. The van der Waals surface area contributed by atoms with Gasteiger partial charge < -0.3 is 25.8 Å². The number of methoxy groups -OCH3 is 1. The van der Waals surface area contributed by atoms with Gasteiger partial charge in [-0.05, 0) is 25.7 Å². The fourth-order valence-corrected chi connectivity index (χ4v) is 2.51. The van der Waals surface area contributed by atoms with Crippen molar-refractivity contribution in [1.29, 1.82) is 0 Å². The molecule has 1 aliphatic carbocycles. The number of alkyl halides is 2. The highest BCUT2D eigenvalue weighted by atomic mass is 35.5. The van der Waals surface area contributed by atoms with E-state index in [0.29, 0.717) is 38.9 Å². The molecule has 0 atom stereocenters. The third-order valence-electron chi connectivity index (χ3n) is 3.95. The molecule has 7 nitrogen and oxygen atoms in total. The van der Waals surface area contributed by atoms with E-state index in [1.54, 1.807) is 7.11 Å². The number of carbonyl (C=O) groups excluding carboxylic acids is 2. The average molecular weight is 388 g/mol.